The van der Waals surface area contributed by atoms with Gasteiger partial charge in [-0.2, -0.15) is 26.3 Å². The summed E-state index contributed by atoms with van der Waals surface area (Å²) in [4.78, 5) is 12.0. The van der Waals surface area contributed by atoms with Crippen LogP contribution in [0.4, 0.5) is 43.8 Å². The summed E-state index contributed by atoms with van der Waals surface area (Å²) >= 11 is 0. The summed E-state index contributed by atoms with van der Waals surface area (Å²) < 4.78 is 80.2. The van der Waals surface area contributed by atoms with Crippen molar-refractivity contribution in [3.05, 3.63) is 66.0 Å². The highest BCUT2D eigenvalue weighted by Crippen LogP contribution is 2.37. The third-order valence-electron chi connectivity index (χ3n) is 4.40. The number of hydrogen-bond donors (Lipinski definition) is 2. The van der Waals surface area contributed by atoms with Gasteiger partial charge >= 0.3 is 12.4 Å². The third-order valence-corrected chi connectivity index (χ3v) is 4.40. The lowest BCUT2D eigenvalue weighted by molar-refractivity contribution is -0.138. The molecule has 6 nitrogen and oxygen atoms in total. The number of hydrogen-bond acceptors (Lipinski definition) is 5. The zero-order valence-electron chi connectivity index (χ0n) is 15.3. The van der Waals surface area contributed by atoms with Crippen molar-refractivity contribution in [3.8, 4) is 5.69 Å². The summed E-state index contributed by atoms with van der Waals surface area (Å²) in [6, 6.07) is 8.73. The minimum atomic E-state index is -4.65. The maximum Gasteiger partial charge on any atom is 0.418 e. The molecular formula is C19H12F6N6. The van der Waals surface area contributed by atoms with Gasteiger partial charge in [-0.15, -0.1) is 0 Å². The Morgan fingerprint density at radius 3 is 2.16 bits per heavy atom. The SMILES string of the molecule is Nc1ncnc2c1nc(Nc1ccccc1C(F)(F)F)n2-c1ccc(C(F)(F)F)cc1. The second-order valence-corrected chi connectivity index (χ2v) is 6.41. The van der Waals surface area contributed by atoms with Crippen LogP contribution in [0.2, 0.25) is 0 Å². The predicted molar refractivity (Wildman–Crippen MR) is 101 cm³/mol. The fraction of sp³-hybridized carbons (Fsp3) is 0.105. The molecule has 2 heterocycles. The summed E-state index contributed by atoms with van der Waals surface area (Å²) in [7, 11) is 0. The Kier molecular flexibility index (Phi) is 4.71. The minimum Gasteiger partial charge on any atom is -0.382 e. The number of anilines is 3. The number of nitrogens with one attached hydrogen (secondary N) is 1. The van der Waals surface area contributed by atoms with E-state index in [0.717, 1.165) is 36.7 Å². The van der Waals surface area contributed by atoms with E-state index >= 15 is 0 Å². The average Bonchev–Trinajstić information content (AvgIpc) is 3.06. The maximum atomic E-state index is 13.4. The molecule has 0 spiro atoms. The zero-order chi connectivity index (χ0) is 22.4. The quantitative estimate of drug-likeness (QED) is 0.431. The van der Waals surface area contributed by atoms with E-state index in [9.17, 15) is 26.3 Å². The number of benzene rings is 2. The van der Waals surface area contributed by atoms with Crippen LogP contribution < -0.4 is 11.1 Å². The highest BCUT2D eigenvalue weighted by molar-refractivity contribution is 5.86. The maximum absolute atomic E-state index is 13.4. The van der Waals surface area contributed by atoms with E-state index in [1.54, 1.807) is 0 Å². The number of rotatable bonds is 3. The molecule has 12 heteroatoms. The minimum absolute atomic E-state index is 0.0391. The summed E-state index contributed by atoms with van der Waals surface area (Å²) in [5, 5.41) is 2.59. The summed E-state index contributed by atoms with van der Waals surface area (Å²) in [6.45, 7) is 0. The van der Waals surface area contributed by atoms with Gasteiger partial charge in [0.1, 0.15) is 6.33 Å². The molecule has 160 valence electrons. The fourth-order valence-electron chi connectivity index (χ4n) is 3.00. The first-order valence-corrected chi connectivity index (χ1v) is 8.65. The number of aromatic nitrogens is 4. The van der Waals surface area contributed by atoms with Crippen LogP contribution in [0, 0.1) is 0 Å². The first kappa shape index (κ1) is 20.4. The number of nitrogens with zero attached hydrogens (tertiary/aromatic N) is 4. The lowest BCUT2D eigenvalue weighted by Crippen LogP contribution is -2.10. The van der Waals surface area contributed by atoms with E-state index in [-0.39, 0.29) is 34.3 Å². The number of imidazole rings is 1. The summed E-state index contributed by atoms with van der Waals surface area (Å²) in [5.41, 5.74) is 4.05. The number of para-hydroxylation sites is 1. The van der Waals surface area contributed by atoms with E-state index in [1.807, 2.05) is 0 Å². The average molecular weight is 438 g/mol. The Morgan fingerprint density at radius 2 is 1.52 bits per heavy atom. The van der Waals surface area contributed by atoms with Crippen molar-refractivity contribution >= 4 is 28.6 Å². The van der Waals surface area contributed by atoms with Crippen LogP contribution >= 0.6 is 0 Å². The molecule has 0 amide bonds. The molecule has 0 saturated heterocycles. The van der Waals surface area contributed by atoms with Crippen LogP contribution in [0.3, 0.4) is 0 Å². The molecule has 0 bridgehead atoms. The van der Waals surface area contributed by atoms with Crippen molar-refractivity contribution in [1.29, 1.82) is 0 Å². The molecule has 2 aromatic heterocycles. The van der Waals surface area contributed by atoms with Gasteiger partial charge in [0.15, 0.2) is 17.0 Å². The predicted octanol–water partition coefficient (Wildman–Crippen LogP) is 5.18. The van der Waals surface area contributed by atoms with Crippen molar-refractivity contribution in [2.75, 3.05) is 11.1 Å². The Bertz CT molecular complexity index is 1240. The summed E-state index contributed by atoms with van der Waals surface area (Å²) in [5.74, 6) is -0.165. The topological polar surface area (TPSA) is 81.7 Å². The molecule has 2 aromatic carbocycles. The van der Waals surface area contributed by atoms with Gasteiger partial charge in [0.2, 0.25) is 5.95 Å². The van der Waals surface area contributed by atoms with E-state index in [1.165, 1.54) is 22.8 Å². The molecule has 3 N–H and O–H groups in total. The number of nitrogens with two attached hydrogens (primary N) is 1. The van der Waals surface area contributed by atoms with E-state index in [0.29, 0.717) is 0 Å². The highest BCUT2D eigenvalue weighted by Gasteiger charge is 2.34. The fourth-order valence-corrected chi connectivity index (χ4v) is 3.00. The molecule has 0 aliphatic rings. The third kappa shape index (κ3) is 3.83. The van der Waals surface area contributed by atoms with Crippen LogP contribution in [0.5, 0.6) is 0 Å². The van der Waals surface area contributed by atoms with Gasteiger partial charge in [0.05, 0.1) is 22.5 Å². The molecule has 0 aliphatic heterocycles. The molecule has 0 unspecified atom stereocenters. The van der Waals surface area contributed by atoms with E-state index in [2.05, 4.69) is 20.3 Å². The van der Waals surface area contributed by atoms with Gasteiger partial charge in [-0.05, 0) is 36.4 Å². The second-order valence-electron chi connectivity index (χ2n) is 6.41. The first-order chi connectivity index (χ1) is 14.6. The van der Waals surface area contributed by atoms with Gasteiger partial charge in [-0.3, -0.25) is 4.57 Å². The molecular weight excluding hydrogens is 426 g/mol. The lowest BCUT2D eigenvalue weighted by Gasteiger charge is -2.15. The van der Waals surface area contributed by atoms with Crippen molar-refractivity contribution in [2.45, 2.75) is 12.4 Å². The van der Waals surface area contributed by atoms with Crippen LogP contribution in [-0.4, -0.2) is 19.5 Å². The molecule has 0 atom stereocenters. The van der Waals surface area contributed by atoms with E-state index < -0.39 is 23.5 Å². The largest absolute Gasteiger partial charge is 0.418 e. The van der Waals surface area contributed by atoms with Crippen molar-refractivity contribution in [3.63, 3.8) is 0 Å². The molecule has 4 rings (SSSR count). The van der Waals surface area contributed by atoms with E-state index in [4.69, 9.17) is 5.73 Å². The number of nitrogen functional groups attached to an aromatic ring is 1. The number of alkyl halides is 6. The number of halogens is 6. The molecule has 4 aromatic rings. The van der Waals surface area contributed by atoms with Crippen LogP contribution in [-0.2, 0) is 12.4 Å². The normalized spacial score (nSPS) is 12.3. The van der Waals surface area contributed by atoms with Gasteiger partial charge in [0, 0.05) is 0 Å². The standard InChI is InChI=1S/C19H12F6N6/c20-18(21,22)10-5-7-11(8-6-10)31-16-14(15(26)27-9-28-16)30-17(31)29-13-4-2-1-3-12(13)19(23,24)25/h1-9H,(H,29,30)(H2,26,27,28). The second kappa shape index (κ2) is 7.15. The van der Waals surface area contributed by atoms with Crippen molar-refractivity contribution < 1.29 is 26.3 Å². The Morgan fingerprint density at radius 1 is 0.839 bits per heavy atom. The van der Waals surface area contributed by atoms with Crippen LogP contribution in [0.15, 0.2) is 54.9 Å². The molecule has 0 fully saturated rings. The van der Waals surface area contributed by atoms with Gasteiger partial charge < -0.3 is 11.1 Å². The molecule has 0 saturated carbocycles. The van der Waals surface area contributed by atoms with Gasteiger partial charge in [-0.1, -0.05) is 12.1 Å². The highest BCUT2D eigenvalue weighted by atomic mass is 19.4. The zero-order valence-corrected chi connectivity index (χ0v) is 15.3. The van der Waals surface area contributed by atoms with Crippen LogP contribution in [0.1, 0.15) is 11.1 Å². The van der Waals surface area contributed by atoms with Gasteiger partial charge in [-0.25, -0.2) is 15.0 Å². The molecule has 0 radical (unpaired) electrons. The molecule has 31 heavy (non-hydrogen) atoms. The first-order valence-electron chi connectivity index (χ1n) is 8.65. The van der Waals surface area contributed by atoms with Crippen molar-refractivity contribution in [1.82, 2.24) is 19.5 Å². The lowest BCUT2D eigenvalue weighted by atomic mass is 10.1. The monoisotopic (exact) mass is 438 g/mol. The van der Waals surface area contributed by atoms with Crippen LogP contribution in [0.25, 0.3) is 16.9 Å². The number of fused-ring (bicyclic) bond motifs is 1. The Balaban J connectivity index is 1.89. The summed E-state index contributed by atoms with van der Waals surface area (Å²) in [6.07, 6.45) is -8.07. The smallest absolute Gasteiger partial charge is 0.382 e. The Hall–Kier alpha value is -3.83. The van der Waals surface area contributed by atoms with Crippen molar-refractivity contribution in [2.24, 2.45) is 0 Å². The molecule has 0 aliphatic carbocycles. The Labute approximate surface area is 170 Å². The van der Waals surface area contributed by atoms with Gasteiger partial charge in [0.25, 0.3) is 0 Å².